The van der Waals surface area contributed by atoms with Crippen LogP contribution in [-0.4, -0.2) is 36.6 Å². The topological polar surface area (TPSA) is 52.4 Å². The second kappa shape index (κ2) is 5.60. The van der Waals surface area contributed by atoms with E-state index in [0.717, 1.165) is 0 Å². The number of halogens is 3. The zero-order valence-electron chi connectivity index (χ0n) is 11.6. The quantitative estimate of drug-likeness (QED) is 0.862. The monoisotopic (exact) mass is 314 g/mol. The maximum Gasteiger partial charge on any atom is 0.436 e. The summed E-state index contributed by atoms with van der Waals surface area (Å²) in [6.45, 7) is 1.99. The Labute approximate surface area is 124 Å². The van der Waals surface area contributed by atoms with Crippen LogP contribution in [0.4, 0.5) is 13.2 Å². The number of oxime groups is 2. The molecule has 2 heterocycles. The second-order valence-corrected chi connectivity index (χ2v) is 4.80. The molecule has 0 amide bonds. The maximum absolute atomic E-state index is 13.0. The van der Waals surface area contributed by atoms with Crippen LogP contribution in [0.5, 0.6) is 0 Å². The fourth-order valence-corrected chi connectivity index (χ4v) is 2.47. The summed E-state index contributed by atoms with van der Waals surface area (Å²) in [6, 6.07) is 8.82. The zero-order valence-corrected chi connectivity index (χ0v) is 11.6. The molecule has 0 aromatic heterocycles. The molecule has 0 saturated heterocycles. The normalized spacial score (nSPS) is 27.4. The summed E-state index contributed by atoms with van der Waals surface area (Å²) in [5.74, 6) is -0.823. The molecule has 5 nitrogen and oxygen atoms in total. The fourth-order valence-electron chi connectivity index (χ4n) is 2.47. The van der Waals surface area contributed by atoms with Crippen molar-refractivity contribution in [1.82, 2.24) is 0 Å². The molecule has 0 unspecified atom stereocenters. The van der Waals surface area contributed by atoms with E-state index in [-0.39, 0.29) is 6.61 Å². The van der Waals surface area contributed by atoms with Crippen molar-refractivity contribution < 1.29 is 27.6 Å². The first-order valence-corrected chi connectivity index (χ1v) is 6.74. The van der Waals surface area contributed by atoms with Crippen molar-refractivity contribution in [2.45, 2.75) is 25.5 Å². The Bertz CT molecular complexity index is 601. The van der Waals surface area contributed by atoms with Gasteiger partial charge in [-0.1, -0.05) is 40.6 Å². The maximum atomic E-state index is 13.0. The van der Waals surface area contributed by atoms with Crippen LogP contribution in [0.1, 0.15) is 12.5 Å². The third-order valence-corrected chi connectivity index (χ3v) is 3.42. The first-order chi connectivity index (χ1) is 10.5. The number of fused-ring (bicyclic) bond motifs is 1. The van der Waals surface area contributed by atoms with E-state index < -0.39 is 30.2 Å². The van der Waals surface area contributed by atoms with Gasteiger partial charge in [-0.3, -0.25) is 0 Å². The van der Waals surface area contributed by atoms with E-state index in [1.165, 1.54) is 0 Å². The number of alkyl halides is 3. The van der Waals surface area contributed by atoms with E-state index in [4.69, 9.17) is 14.4 Å². The molecule has 0 aliphatic carbocycles. The molecule has 22 heavy (non-hydrogen) atoms. The van der Waals surface area contributed by atoms with Crippen molar-refractivity contribution in [2.75, 3.05) is 6.61 Å². The van der Waals surface area contributed by atoms with E-state index in [2.05, 4.69) is 10.3 Å². The van der Waals surface area contributed by atoms with Gasteiger partial charge in [0.25, 0.3) is 0 Å². The predicted octanol–water partition coefficient (Wildman–Crippen LogP) is 2.72. The van der Waals surface area contributed by atoms with Crippen LogP contribution in [0.15, 0.2) is 40.6 Å². The van der Waals surface area contributed by atoms with Crippen LogP contribution in [0, 0.1) is 5.92 Å². The smallest absolute Gasteiger partial charge is 0.385 e. The number of ether oxygens (including phenoxy) is 1. The van der Waals surface area contributed by atoms with Gasteiger partial charge in [-0.25, -0.2) is 0 Å². The molecule has 0 saturated carbocycles. The Morgan fingerprint density at radius 2 is 1.86 bits per heavy atom. The molecular formula is C14H13F3N2O3. The molecular weight excluding hydrogens is 301 g/mol. The van der Waals surface area contributed by atoms with Crippen molar-refractivity contribution in [1.29, 1.82) is 0 Å². The molecule has 0 spiro atoms. The highest BCUT2D eigenvalue weighted by Gasteiger charge is 2.56. The van der Waals surface area contributed by atoms with Gasteiger partial charge in [-0.15, -0.1) is 0 Å². The lowest BCUT2D eigenvalue weighted by molar-refractivity contribution is -0.184. The fraction of sp³-hybridized carbons (Fsp3) is 0.429. The molecule has 0 radical (unpaired) electrons. The number of hydrogen-bond donors (Lipinski definition) is 0. The van der Waals surface area contributed by atoms with Crippen LogP contribution in [0.2, 0.25) is 0 Å². The summed E-state index contributed by atoms with van der Waals surface area (Å²) >= 11 is 0. The predicted molar refractivity (Wildman–Crippen MR) is 71.3 cm³/mol. The molecule has 1 aromatic carbocycles. The van der Waals surface area contributed by atoms with E-state index >= 15 is 0 Å². The molecule has 118 valence electrons. The SMILES string of the molecule is CCO[C@@H]1ON=C(C(F)(F)F)[C@H]2ON=C(c3ccccc3)[C@@H]12. The Morgan fingerprint density at radius 1 is 1.14 bits per heavy atom. The van der Waals surface area contributed by atoms with Crippen LogP contribution in [0.25, 0.3) is 0 Å². The number of rotatable bonds is 3. The van der Waals surface area contributed by atoms with Crippen LogP contribution < -0.4 is 0 Å². The molecule has 8 heteroatoms. The van der Waals surface area contributed by atoms with Crippen LogP contribution >= 0.6 is 0 Å². The minimum absolute atomic E-state index is 0.271. The van der Waals surface area contributed by atoms with Gasteiger partial charge in [0.15, 0.2) is 6.10 Å². The summed E-state index contributed by atoms with van der Waals surface area (Å²) < 4.78 is 44.5. The van der Waals surface area contributed by atoms with Crippen LogP contribution in [-0.2, 0) is 14.4 Å². The summed E-state index contributed by atoms with van der Waals surface area (Å²) in [7, 11) is 0. The Morgan fingerprint density at radius 3 is 2.50 bits per heavy atom. The number of nitrogens with zero attached hydrogens (tertiary/aromatic N) is 2. The highest BCUT2D eigenvalue weighted by Crippen LogP contribution is 2.37. The van der Waals surface area contributed by atoms with Crippen molar-refractivity contribution in [3.05, 3.63) is 35.9 Å². The molecule has 3 rings (SSSR count). The zero-order chi connectivity index (χ0) is 15.7. The van der Waals surface area contributed by atoms with Crippen LogP contribution in [0.3, 0.4) is 0 Å². The Hall–Kier alpha value is -2.09. The molecule has 0 N–H and O–H groups in total. The minimum atomic E-state index is -4.65. The highest BCUT2D eigenvalue weighted by atomic mass is 19.4. The third kappa shape index (κ3) is 2.54. The summed E-state index contributed by atoms with van der Waals surface area (Å²) in [6.07, 6.45) is -6.98. The van der Waals surface area contributed by atoms with Gasteiger partial charge in [0.1, 0.15) is 11.6 Å². The highest BCUT2D eigenvalue weighted by molar-refractivity contribution is 6.08. The first kappa shape index (κ1) is 14.8. The van der Waals surface area contributed by atoms with E-state index in [9.17, 15) is 13.2 Å². The minimum Gasteiger partial charge on any atom is -0.385 e. The molecule has 0 bridgehead atoms. The lowest BCUT2D eigenvalue weighted by atomic mass is 9.88. The molecule has 2 aliphatic rings. The first-order valence-electron chi connectivity index (χ1n) is 6.74. The van der Waals surface area contributed by atoms with E-state index in [0.29, 0.717) is 11.3 Å². The average Bonchev–Trinajstić information content (AvgIpc) is 2.92. The van der Waals surface area contributed by atoms with Gasteiger partial charge in [0.05, 0.1) is 0 Å². The number of hydrogen-bond acceptors (Lipinski definition) is 5. The van der Waals surface area contributed by atoms with Gasteiger partial charge in [0, 0.05) is 6.61 Å². The third-order valence-electron chi connectivity index (χ3n) is 3.42. The van der Waals surface area contributed by atoms with Gasteiger partial charge >= 0.3 is 6.18 Å². The lowest BCUT2D eigenvalue weighted by Gasteiger charge is -2.30. The molecule has 3 atom stereocenters. The summed E-state index contributed by atoms with van der Waals surface area (Å²) in [5.41, 5.74) is -0.115. The molecule has 0 fully saturated rings. The Kier molecular flexibility index (Phi) is 3.78. The van der Waals surface area contributed by atoms with Crippen molar-refractivity contribution in [3.63, 3.8) is 0 Å². The summed E-state index contributed by atoms with van der Waals surface area (Å²) in [5, 5.41) is 6.96. The Balaban J connectivity index is 1.96. The second-order valence-electron chi connectivity index (χ2n) is 4.80. The molecule has 2 aliphatic heterocycles. The van der Waals surface area contributed by atoms with Gasteiger partial charge < -0.3 is 14.4 Å². The van der Waals surface area contributed by atoms with E-state index in [1.54, 1.807) is 37.3 Å². The van der Waals surface area contributed by atoms with Gasteiger partial charge in [-0.2, -0.15) is 13.2 Å². The standard InChI is InChI=1S/C14H13F3N2O3/c1-2-20-13-9-10(8-6-4-3-5-7-8)18-21-11(9)12(19-22-13)14(15,16)17/h3-7,9,11,13H,2H2,1H3/t9-,11+,13-/m1/s1. The lowest BCUT2D eigenvalue weighted by Crippen LogP contribution is -2.49. The van der Waals surface area contributed by atoms with Gasteiger partial charge in [-0.05, 0) is 12.5 Å². The van der Waals surface area contributed by atoms with Crippen molar-refractivity contribution in [3.8, 4) is 0 Å². The largest absolute Gasteiger partial charge is 0.436 e. The van der Waals surface area contributed by atoms with Gasteiger partial charge in [0.2, 0.25) is 12.0 Å². The van der Waals surface area contributed by atoms with Crippen molar-refractivity contribution >= 4 is 11.4 Å². The summed E-state index contributed by atoms with van der Waals surface area (Å²) in [4.78, 5) is 9.92. The number of benzene rings is 1. The molecule has 1 aromatic rings. The van der Waals surface area contributed by atoms with Crippen molar-refractivity contribution in [2.24, 2.45) is 16.2 Å². The van der Waals surface area contributed by atoms with E-state index in [1.807, 2.05) is 0 Å². The average molecular weight is 314 g/mol.